The highest BCUT2D eigenvalue weighted by atomic mass is 79.9. The second kappa shape index (κ2) is 4.74. The molecule has 3 aliphatic heterocycles. The average Bonchev–Trinajstić information content (AvgIpc) is 2.74. The molecule has 1 spiro atoms. The molecule has 2 bridgehead atoms. The van der Waals surface area contributed by atoms with E-state index in [1.165, 1.54) is 44.6 Å². The monoisotopic (exact) mass is 324 g/mol. The SMILES string of the molecule is Br.CCC1c2ncccc2OC2CCN3CCC21C3. The molecule has 1 aromatic heterocycles. The van der Waals surface area contributed by atoms with Crippen LogP contribution in [0.5, 0.6) is 5.75 Å². The van der Waals surface area contributed by atoms with Crippen LogP contribution in [0.3, 0.4) is 0 Å². The summed E-state index contributed by atoms with van der Waals surface area (Å²) in [6, 6.07) is 4.09. The Hall–Kier alpha value is -0.610. The molecule has 0 amide bonds. The Kier molecular flexibility index (Phi) is 3.34. The molecule has 4 atom stereocenters. The Morgan fingerprint density at radius 2 is 2.37 bits per heavy atom. The van der Waals surface area contributed by atoms with Gasteiger partial charge in [-0.1, -0.05) is 6.92 Å². The lowest BCUT2D eigenvalue weighted by Crippen LogP contribution is -2.53. The molecule has 4 heterocycles. The molecule has 104 valence electrons. The summed E-state index contributed by atoms with van der Waals surface area (Å²) in [7, 11) is 0. The lowest BCUT2D eigenvalue weighted by Gasteiger charge is -2.49. The highest BCUT2D eigenvalue weighted by molar-refractivity contribution is 8.93. The molecule has 2 fully saturated rings. The lowest BCUT2D eigenvalue weighted by molar-refractivity contribution is -0.0249. The Labute approximate surface area is 125 Å². The first-order valence-electron chi connectivity index (χ1n) is 7.17. The summed E-state index contributed by atoms with van der Waals surface area (Å²) in [5.74, 6) is 1.62. The number of halogens is 1. The largest absolute Gasteiger partial charge is 0.488 e. The maximum atomic E-state index is 6.30. The highest BCUT2D eigenvalue weighted by Gasteiger charge is 2.56. The molecule has 3 aliphatic rings. The number of ether oxygens (including phenoxy) is 1. The molecule has 0 aliphatic carbocycles. The van der Waals surface area contributed by atoms with Crippen molar-refractivity contribution in [2.75, 3.05) is 19.6 Å². The number of aromatic nitrogens is 1. The maximum absolute atomic E-state index is 6.30. The van der Waals surface area contributed by atoms with E-state index < -0.39 is 0 Å². The van der Waals surface area contributed by atoms with Crippen molar-refractivity contribution in [3.63, 3.8) is 0 Å². The first-order chi connectivity index (χ1) is 8.83. The van der Waals surface area contributed by atoms with E-state index >= 15 is 0 Å². The van der Waals surface area contributed by atoms with E-state index in [9.17, 15) is 0 Å². The molecule has 1 aromatic rings. The molecule has 19 heavy (non-hydrogen) atoms. The number of nitrogens with zero attached hydrogens (tertiary/aromatic N) is 2. The van der Waals surface area contributed by atoms with Gasteiger partial charge in [-0.3, -0.25) is 4.98 Å². The van der Waals surface area contributed by atoms with Gasteiger partial charge in [0.25, 0.3) is 0 Å². The van der Waals surface area contributed by atoms with Crippen LogP contribution in [0, 0.1) is 5.41 Å². The van der Waals surface area contributed by atoms with Crippen molar-refractivity contribution in [3.8, 4) is 5.75 Å². The van der Waals surface area contributed by atoms with Gasteiger partial charge >= 0.3 is 0 Å². The first kappa shape index (κ1) is 13.4. The molecule has 0 radical (unpaired) electrons. The smallest absolute Gasteiger partial charge is 0.141 e. The summed E-state index contributed by atoms with van der Waals surface area (Å²) < 4.78 is 6.30. The number of rotatable bonds is 1. The summed E-state index contributed by atoms with van der Waals surface area (Å²) in [4.78, 5) is 7.24. The molecule has 0 saturated carbocycles. The van der Waals surface area contributed by atoms with Crippen molar-refractivity contribution in [2.24, 2.45) is 5.41 Å². The third-order valence-corrected chi connectivity index (χ3v) is 5.26. The van der Waals surface area contributed by atoms with Crippen LogP contribution in [-0.2, 0) is 0 Å². The van der Waals surface area contributed by atoms with Crippen molar-refractivity contribution in [1.29, 1.82) is 0 Å². The number of fused-ring (bicyclic) bond motifs is 2. The Balaban J connectivity index is 0.00000110. The average molecular weight is 325 g/mol. The zero-order valence-electron chi connectivity index (χ0n) is 11.3. The van der Waals surface area contributed by atoms with Gasteiger partial charge in [0, 0.05) is 30.6 Å². The van der Waals surface area contributed by atoms with Crippen LogP contribution in [0.15, 0.2) is 18.3 Å². The fourth-order valence-electron chi connectivity index (χ4n) is 4.46. The molecule has 0 N–H and O–H groups in total. The van der Waals surface area contributed by atoms with Crippen molar-refractivity contribution >= 4 is 17.0 Å². The summed E-state index contributed by atoms with van der Waals surface area (Å²) in [6.45, 7) is 5.97. The van der Waals surface area contributed by atoms with Crippen LogP contribution in [0.25, 0.3) is 0 Å². The van der Waals surface area contributed by atoms with Gasteiger partial charge in [0.15, 0.2) is 0 Å². The molecule has 4 rings (SSSR count). The number of hydrogen-bond acceptors (Lipinski definition) is 3. The van der Waals surface area contributed by atoms with Crippen molar-refractivity contribution < 1.29 is 4.74 Å². The maximum Gasteiger partial charge on any atom is 0.141 e. The summed E-state index contributed by atoms with van der Waals surface area (Å²) in [6.07, 6.45) is 5.98. The minimum atomic E-state index is 0. The van der Waals surface area contributed by atoms with E-state index in [0.717, 1.165) is 5.75 Å². The van der Waals surface area contributed by atoms with Crippen molar-refractivity contribution in [2.45, 2.75) is 38.2 Å². The highest BCUT2D eigenvalue weighted by Crippen LogP contribution is 2.56. The minimum absolute atomic E-state index is 0. The minimum Gasteiger partial charge on any atom is -0.488 e. The molecule has 4 heteroatoms. The summed E-state index contributed by atoms with van der Waals surface area (Å²) in [5.41, 5.74) is 1.55. The van der Waals surface area contributed by atoms with E-state index in [-0.39, 0.29) is 17.0 Å². The number of piperidine rings is 1. The van der Waals surface area contributed by atoms with Gasteiger partial charge in [-0.2, -0.15) is 0 Å². The van der Waals surface area contributed by atoms with Gasteiger partial charge in [-0.05, 0) is 37.9 Å². The van der Waals surface area contributed by atoms with E-state index in [4.69, 9.17) is 4.74 Å². The van der Waals surface area contributed by atoms with Crippen LogP contribution in [0.1, 0.15) is 37.8 Å². The number of hydrogen-bond donors (Lipinski definition) is 0. The number of pyridine rings is 1. The van der Waals surface area contributed by atoms with Crippen LogP contribution in [0.2, 0.25) is 0 Å². The second-order valence-corrected chi connectivity index (χ2v) is 6.00. The predicted octanol–water partition coefficient (Wildman–Crippen LogP) is 3.01. The molecule has 0 aromatic carbocycles. The van der Waals surface area contributed by atoms with Crippen molar-refractivity contribution in [3.05, 3.63) is 24.0 Å². The molecular weight excluding hydrogens is 304 g/mol. The van der Waals surface area contributed by atoms with Gasteiger partial charge in [0.1, 0.15) is 11.9 Å². The van der Waals surface area contributed by atoms with E-state index in [0.29, 0.717) is 17.4 Å². The fraction of sp³-hybridized carbons (Fsp3) is 0.667. The van der Waals surface area contributed by atoms with Crippen LogP contribution < -0.4 is 4.74 Å². The van der Waals surface area contributed by atoms with Crippen LogP contribution in [0.4, 0.5) is 0 Å². The van der Waals surface area contributed by atoms with Crippen LogP contribution >= 0.6 is 17.0 Å². The zero-order chi connectivity index (χ0) is 12.2. The zero-order valence-corrected chi connectivity index (χ0v) is 13.1. The third-order valence-electron chi connectivity index (χ3n) is 5.26. The summed E-state index contributed by atoms with van der Waals surface area (Å²) in [5, 5.41) is 0. The third kappa shape index (κ3) is 1.76. The predicted molar refractivity (Wildman–Crippen MR) is 80.1 cm³/mol. The molecule has 2 saturated heterocycles. The normalized spacial score (nSPS) is 38.7. The van der Waals surface area contributed by atoms with E-state index in [1.807, 2.05) is 12.3 Å². The van der Waals surface area contributed by atoms with Crippen molar-refractivity contribution in [1.82, 2.24) is 9.88 Å². The summed E-state index contributed by atoms with van der Waals surface area (Å²) >= 11 is 0. The topological polar surface area (TPSA) is 25.4 Å². The fourth-order valence-corrected chi connectivity index (χ4v) is 4.46. The van der Waals surface area contributed by atoms with E-state index in [1.54, 1.807) is 0 Å². The van der Waals surface area contributed by atoms with Gasteiger partial charge in [-0.15, -0.1) is 17.0 Å². The lowest BCUT2D eigenvalue weighted by atomic mass is 9.64. The van der Waals surface area contributed by atoms with E-state index in [2.05, 4.69) is 22.9 Å². The quantitative estimate of drug-likeness (QED) is 0.794. The van der Waals surface area contributed by atoms with Gasteiger partial charge < -0.3 is 9.64 Å². The Morgan fingerprint density at radius 1 is 1.47 bits per heavy atom. The second-order valence-electron chi connectivity index (χ2n) is 6.00. The molecular formula is C15H21BrN2O. The first-order valence-corrected chi connectivity index (χ1v) is 7.17. The van der Waals surface area contributed by atoms with Gasteiger partial charge in [-0.25, -0.2) is 0 Å². The Bertz CT molecular complexity index is 481. The van der Waals surface area contributed by atoms with Gasteiger partial charge in [0.2, 0.25) is 0 Å². The van der Waals surface area contributed by atoms with Gasteiger partial charge in [0.05, 0.1) is 5.69 Å². The van der Waals surface area contributed by atoms with Crippen LogP contribution in [-0.4, -0.2) is 35.6 Å². The molecule has 3 nitrogen and oxygen atoms in total. The standard InChI is InChI=1S/C15H20N2O.BrH/c1-2-11-14-12(4-3-7-16-14)18-13-5-8-17-9-6-15(11,13)10-17;/h3-4,7,11,13H,2,5-6,8-10H2,1H3;1H. The Morgan fingerprint density at radius 3 is 3.21 bits per heavy atom. The molecule has 4 unspecified atom stereocenters.